The van der Waals surface area contributed by atoms with E-state index in [4.69, 9.17) is 24.0 Å². The number of carbonyl (C=O) groups is 5. The molecule has 0 radical (unpaired) electrons. The number of terminal acetylenes is 3. The smallest absolute Gasteiger partial charge is 0.302 e. The summed E-state index contributed by atoms with van der Waals surface area (Å²) in [6.07, 6.45) is 18.2. The Morgan fingerprint density at radius 3 is 1.47 bits per heavy atom. The van der Waals surface area contributed by atoms with Gasteiger partial charge in [0.1, 0.15) is 6.10 Å². The lowest BCUT2D eigenvalue weighted by Crippen LogP contribution is -2.52. The lowest BCUT2D eigenvalue weighted by atomic mass is 9.81. The van der Waals surface area contributed by atoms with Crippen LogP contribution in [0.15, 0.2) is 0 Å². The Balaban J connectivity index is 3.08. The highest BCUT2D eigenvalue weighted by Crippen LogP contribution is 2.30. The maximum absolute atomic E-state index is 13.4. The van der Waals surface area contributed by atoms with Gasteiger partial charge in [-0.3, -0.25) is 24.0 Å². The number of hydrogen-bond donors (Lipinski definition) is 4. The van der Waals surface area contributed by atoms with Gasteiger partial charge in [-0.25, -0.2) is 0 Å². The first-order chi connectivity index (χ1) is 18.1. The molecule has 38 heavy (non-hydrogen) atoms. The van der Waals surface area contributed by atoms with E-state index in [-0.39, 0.29) is 99.8 Å². The van der Waals surface area contributed by atoms with E-state index in [0.29, 0.717) is 25.7 Å². The molecular formula is C28H38N4O6. The van der Waals surface area contributed by atoms with Crippen LogP contribution < -0.4 is 21.3 Å². The van der Waals surface area contributed by atoms with Crippen LogP contribution in [0.25, 0.3) is 0 Å². The molecule has 206 valence electrons. The van der Waals surface area contributed by atoms with E-state index in [0.717, 1.165) is 0 Å². The molecule has 1 aliphatic rings. The summed E-state index contributed by atoms with van der Waals surface area (Å²) in [4.78, 5) is 61.7. The highest BCUT2D eigenvalue weighted by Gasteiger charge is 2.36. The Morgan fingerprint density at radius 2 is 1.13 bits per heavy atom. The Bertz CT molecular complexity index is 880. The van der Waals surface area contributed by atoms with Crippen molar-refractivity contribution in [1.82, 2.24) is 21.3 Å². The maximum atomic E-state index is 13.4. The summed E-state index contributed by atoms with van der Waals surface area (Å²) < 4.78 is 5.27. The van der Waals surface area contributed by atoms with Crippen molar-refractivity contribution in [3.05, 3.63) is 0 Å². The fourth-order valence-corrected chi connectivity index (χ4v) is 4.38. The van der Waals surface area contributed by atoms with E-state index in [9.17, 15) is 24.0 Å². The number of rotatable bonds is 15. The molecule has 0 aromatic rings. The van der Waals surface area contributed by atoms with Crippen LogP contribution in [0.5, 0.6) is 0 Å². The molecule has 4 amide bonds. The summed E-state index contributed by atoms with van der Waals surface area (Å²) in [7, 11) is 0. The van der Waals surface area contributed by atoms with Gasteiger partial charge in [0.25, 0.3) is 0 Å². The molecule has 0 saturated heterocycles. The summed E-state index contributed by atoms with van der Waals surface area (Å²) in [6, 6.07) is 0. The fraction of sp³-hybridized carbons (Fsp3) is 0.607. The van der Waals surface area contributed by atoms with Crippen LogP contribution >= 0.6 is 0 Å². The van der Waals surface area contributed by atoms with Gasteiger partial charge in [-0.05, 0) is 44.9 Å². The number of carbonyl (C=O) groups excluding carboxylic acids is 5. The molecule has 0 unspecified atom stereocenters. The summed E-state index contributed by atoms with van der Waals surface area (Å²) in [6.45, 7) is 1.54. The molecule has 0 aromatic carbocycles. The van der Waals surface area contributed by atoms with E-state index in [1.807, 2.05) is 0 Å². The van der Waals surface area contributed by atoms with Gasteiger partial charge in [-0.2, -0.15) is 0 Å². The topological polar surface area (TPSA) is 143 Å². The van der Waals surface area contributed by atoms with Crippen molar-refractivity contribution < 1.29 is 28.7 Å². The first-order valence-electron chi connectivity index (χ1n) is 12.7. The van der Waals surface area contributed by atoms with Gasteiger partial charge >= 0.3 is 5.97 Å². The molecule has 10 heteroatoms. The highest BCUT2D eigenvalue weighted by atomic mass is 16.5. The molecule has 10 nitrogen and oxygen atoms in total. The summed E-state index contributed by atoms with van der Waals surface area (Å²) in [5.74, 6) is 5.16. The van der Waals surface area contributed by atoms with Crippen molar-refractivity contribution in [2.24, 2.45) is 5.92 Å². The van der Waals surface area contributed by atoms with E-state index in [1.54, 1.807) is 0 Å². The van der Waals surface area contributed by atoms with Crippen LogP contribution in [0.3, 0.4) is 0 Å². The zero-order chi connectivity index (χ0) is 28.4. The average molecular weight is 527 g/mol. The molecule has 1 fully saturated rings. The molecule has 1 rings (SSSR count). The second-order valence-corrected chi connectivity index (χ2v) is 9.30. The van der Waals surface area contributed by atoms with Crippen molar-refractivity contribution in [2.45, 2.75) is 82.8 Å². The zero-order valence-electron chi connectivity index (χ0n) is 22.0. The van der Waals surface area contributed by atoms with Crippen LogP contribution in [-0.4, -0.2) is 60.9 Å². The van der Waals surface area contributed by atoms with Crippen molar-refractivity contribution in [3.8, 4) is 37.0 Å². The van der Waals surface area contributed by atoms with E-state index in [1.165, 1.54) is 6.92 Å². The van der Waals surface area contributed by atoms with Crippen molar-refractivity contribution in [1.29, 1.82) is 0 Å². The molecule has 0 aromatic heterocycles. The van der Waals surface area contributed by atoms with Gasteiger partial charge in [-0.1, -0.05) is 17.8 Å². The second-order valence-electron chi connectivity index (χ2n) is 9.30. The van der Waals surface area contributed by atoms with Crippen molar-refractivity contribution in [2.75, 3.05) is 19.6 Å². The van der Waals surface area contributed by atoms with Crippen LogP contribution in [0, 0.1) is 42.9 Å². The normalized spacial score (nSPS) is 16.5. The minimum Gasteiger partial charge on any atom is -0.463 e. The van der Waals surface area contributed by atoms with Gasteiger partial charge in [-0.15, -0.1) is 19.3 Å². The van der Waals surface area contributed by atoms with E-state index in [2.05, 4.69) is 39.0 Å². The highest BCUT2D eigenvalue weighted by molar-refractivity contribution is 5.81. The summed E-state index contributed by atoms with van der Waals surface area (Å²) in [5.41, 5.74) is -1.03. The first kappa shape index (κ1) is 32.1. The van der Waals surface area contributed by atoms with Gasteiger partial charge in [0, 0.05) is 37.6 Å². The third kappa shape index (κ3) is 12.8. The predicted octanol–water partition coefficient (Wildman–Crippen LogP) is 0.552. The number of esters is 1. The molecule has 0 heterocycles. The second kappa shape index (κ2) is 17.5. The largest absolute Gasteiger partial charge is 0.463 e. The minimum absolute atomic E-state index is 0.0269. The Hall–Kier alpha value is -3.97. The van der Waals surface area contributed by atoms with Crippen LogP contribution in [0.1, 0.15) is 71.1 Å². The van der Waals surface area contributed by atoms with E-state index < -0.39 is 5.54 Å². The number of hydrogen-bond acceptors (Lipinski definition) is 6. The van der Waals surface area contributed by atoms with Crippen molar-refractivity contribution in [3.63, 3.8) is 0 Å². The van der Waals surface area contributed by atoms with Gasteiger partial charge in [0.05, 0.1) is 19.6 Å². The van der Waals surface area contributed by atoms with Gasteiger partial charge in [0.15, 0.2) is 0 Å². The van der Waals surface area contributed by atoms with Crippen LogP contribution in [0.4, 0.5) is 0 Å². The lowest BCUT2D eigenvalue weighted by Gasteiger charge is -2.37. The number of ether oxygens (including phenoxy) is 1. The predicted molar refractivity (Wildman–Crippen MR) is 142 cm³/mol. The molecular weight excluding hydrogens is 488 g/mol. The standard InChI is InChI=1S/C28H38N4O6/c1-5-18-29-24(34)12-15-28(16-13-25(35)30-19-6-2,17-14-26(36)31-20-7-3)32-27(37)22-8-10-23(11-9-22)38-21(4)33/h1-3,22-23H,8-20H2,4H3,(H,29,34)(H,30,35)(H,31,36)(H,32,37)/t22-,23+. The Kier molecular flexibility index (Phi) is 14.7. The quantitative estimate of drug-likeness (QED) is 0.181. The first-order valence-corrected chi connectivity index (χ1v) is 12.7. The molecule has 0 spiro atoms. The van der Waals surface area contributed by atoms with Crippen LogP contribution in [-0.2, 0) is 28.7 Å². The Morgan fingerprint density at radius 1 is 0.737 bits per heavy atom. The molecule has 0 aliphatic heterocycles. The molecule has 0 bridgehead atoms. The number of nitrogens with one attached hydrogen (secondary N) is 4. The third-order valence-electron chi connectivity index (χ3n) is 6.42. The molecule has 1 saturated carbocycles. The summed E-state index contributed by atoms with van der Waals surface area (Å²) in [5, 5.41) is 10.9. The third-order valence-corrected chi connectivity index (χ3v) is 6.42. The SMILES string of the molecule is C#CCNC(=O)CCC(CCC(=O)NCC#C)(CCC(=O)NCC#C)NC(=O)[C@H]1CC[C@@H](OC(C)=O)CC1. The number of amides is 4. The monoisotopic (exact) mass is 526 g/mol. The molecule has 4 N–H and O–H groups in total. The van der Waals surface area contributed by atoms with E-state index >= 15 is 0 Å². The summed E-state index contributed by atoms with van der Waals surface area (Å²) >= 11 is 0. The molecule has 1 aliphatic carbocycles. The Labute approximate surface area is 225 Å². The van der Waals surface area contributed by atoms with Crippen LogP contribution in [0.2, 0.25) is 0 Å². The minimum atomic E-state index is -1.03. The van der Waals surface area contributed by atoms with Gasteiger partial charge in [0.2, 0.25) is 23.6 Å². The lowest BCUT2D eigenvalue weighted by molar-refractivity contribution is -0.148. The van der Waals surface area contributed by atoms with Gasteiger partial charge < -0.3 is 26.0 Å². The molecule has 0 atom stereocenters. The maximum Gasteiger partial charge on any atom is 0.302 e. The fourth-order valence-electron chi connectivity index (χ4n) is 4.38. The van der Waals surface area contributed by atoms with Crippen molar-refractivity contribution >= 4 is 29.6 Å². The average Bonchev–Trinajstić information content (AvgIpc) is 2.90. The zero-order valence-corrected chi connectivity index (χ0v) is 22.0.